The van der Waals surface area contributed by atoms with E-state index in [1.165, 1.54) is 12.5 Å². The summed E-state index contributed by atoms with van der Waals surface area (Å²) >= 11 is 0. The lowest BCUT2D eigenvalue weighted by atomic mass is 10.1. The van der Waals surface area contributed by atoms with Crippen LogP contribution in [0.2, 0.25) is 0 Å². The molecular weight excluding hydrogens is 353 g/mol. The molecule has 0 amide bonds. The van der Waals surface area contributed by atoms with Gasteiger partial charge in [0.25, 0.3) is 0 Å². The number of allylic oxidation sites excluding steroid dienone is 4. The maximum absolute atomic E-state index is 12.8. The van der Waals surface area contributed by atoms with Crippen LogP contribution in [0.15, 0.2) is 53.7 Å². The molecule has 5 heteroatoms. The molecule has 0 aliphatic carbocycles. The van der Waals surface area contributed by atoms with Crippen molar-refractivity contribution in [2.75, 3.05) is 34.7 Å². The van der Waals surface area contributed by atoms with Gasteiger partial charge < -0.3 is 9.80 Å². The van der Waals surface area contributed by atoms with E-state index in [0.29, 0.717) is 0 Å². The van der Waals surface area contributed by atoms with Crippen molar-refractivity contribution in [2.45, 2.75) is 48.1 Å². The molecule has 1 rings (SSSR count). The molecule has 0 saturated carbocycles. The number of hydrogen-bond acceptors (Lipinski definition) is 3. The molecule has 1 heterocycles. The highest BCUT2D eigenvalue weighted by Crippen LogP contribution is 2.11. The molecule has 160 valence electrons. The average molecular weight is 395 g/mol. The summed E-state index contributed by atoms with van der Waals surface area (Å²) in [5.41, 5.74) is 4.48. The summed E-state index contributed by atoms with van der Waals surface area (Å²) < 4.78 is 13.9. The smallest absolute Gasteiger partial charge is 0.227 e. The lowest BCUT2D eigenvalue weighted by Gasteiger charge is -2.12. The lowest BCUT2D eigenvalue weighted by Crippen LogP contribution is -2.30. The Morgan fingerprint density at radius 1 is 1.14 bits per heavy atom. The largest absolute Gasteiger partial charge is 0.305 e. The Morgan fingerprint density at radius 2 is 1.71 bits per heavy atom. The number of aryl methyl sites for hydroxylation is 1. The number of likely N-dealkylation sites (N-methyl/N-ethyl adjacent to an activating group) is 1. The Balaban J connectivity index is 0. The average Bonchev–Trinajstić information content (AvgIpc) is 2.59. The Morgan fingerprint density at radius 3 is 2.14 bits per heavy atom. The van der Waals surface area contributed by atoms with Crippen LogP contribution >= 0.6 is 0 Å². The van der Waals surface area contributed by atoms with Crippen LogP contribution in [0.4, 0.5) is 4.39 Å². The second-order valence-corrected chi connectivity index (χ2v) is 6.95. The van der Waals surface area contributed by atoms with Crippen molar-refractivity contribution in [1.82, 2.24) is 9.80 Å². The number of halogens is 1. The molecule has 0 saturated heterocycles. The zero-order valence-corrected chi connectivity index (χ0v) is 19.5. The highest BCUT2D eigenvalue weighted by molar-refractivity contribution is 5.33. The molecule has 4 nitrogen and oxygen atoms in total. The van der Waals surface area contributed by atoms with Crippen LogP contribution in [0.3, 0.4) is 0 Å². The van der Waals surface area contributed by atoms with Crippen molar-refractivity contribution in [2.24, 2.45) is 0 Å². The van der Waals surface area contributed by atoms with Crippen LogP contribution in [-0.4, -0.2) is 49.7 Å². The topological polar surface area (TPSA) is 30.6 Å². The van der Waals surface area contributed by atoms with Gasteiger partial charge in [-0.05, 0) is 78.7 Å². The number of aromatic nitrogens is 1. The van der Waals surface area contributed by atoms with Crippen molar-refractivity contribution >= 4 is 0 Å². The van der Waals surface area contributed by atoms with Gasteiger partial charge in [0.05, 0.1) is 5.83 Å². The third kappa shape index (κ3) is 14.1. The van der Waals surface area contributed by atoms with E-state index in [1.54, 1.807) is 18.5 Å². The fourth-order valence-electron chi connectivity index (χ4n) is 2.33. The first-order valence-corrected chi connectivity index (χ1v) is 9.72. The van der Waals surface area contributed by atoms with E-state index in [-0.39, 0.29) is 5.83 Å². The van der Waals surface area contributed by atoms with E-state index >= 15 is 0 Å². The van der Waals surface area contributed by atoms with E-state index in [9.17, 15) is 4.39 Å². The molecule has 0 aromatic carbocycles. The molecule has 0 spiro atoms. The molecule has 1 aromatic heterocycles. The maximum atomic E-state index is 12.8. The predicted molar refractivity (Wildman–Crippen MR) is 118 cm³/mol. The summed E-state index contributed by atoms with van der Waals surface area (Å²) in [6.07, 6.45) is 8.92. The minimum atomic E-state index is -0.147. The molecule has 0 atom stereocenters. The quantitative estimate of drug-likeness (QED) is 0.422. The lowest BCUT2D eigenvalue weighted by molar-refractivity contribution is -0.905. The van der Waals surface area contributed by atoms with Crippen LogP contribution in [0.25, 0.3) is 0 Å². The van der Waals surface area contributed by atoms with Crippen molar-refractivity contribution in [3.8, 4) is 0 Å². The first kappa shape index (κ1) is 28.2. The van der Waals surface area contributed by atoms with Gasteiger partial charge in [0.2, 0.25) is 12.4 Å². The van der Waals surface area contributed by atoms with Gasteiger partial charge in [0, 0.05) is 29.4 Å². The number of nitrogens with zero attached hydrogens (tertiary/aromatic N) is 3. The third-order valence-electron chi connectivity index (χ3n) is 3.54. The Kier molecular flexibility index (Phi) is 16.2. The third-order valence-corrected chi connectivity index (χ3v) is 3.54. The van der Waals surface area contributed by atoms with Gasteiger partial charge in [-0.25, -0.2) is 4.39 Å². The van der Waals surface area contributed by atoms with Gasteiger partial charge in [0.15, 0.2) is 0 Å². The van der Waals surface area contributed by atoms with Crippen molar-refractivity contribution < 1.29 is 14.3 Å². The Bertz CT molecular complexity index is 643. The zero-order valence-electron chi connectivity index (χ0n) is 19.5. The molecule has 0 fully saturated rings. The van der Waals surface area contributed by atoms with Gasteiger partial charge in [-0.15, -0.1) is 0 Å². The normalized spacial score (nSPS) is 12.4. The van der Waals surface area contributed by atoms with Gasteiger partial charge in [-0.3, -0.25) is 5.21 Å². The van der Waals surface area contributed by atoms with Crippen molar-refractivity contribution in [1.29, 1.82) is 0 Å². The maximum Gasteiger partial charge on any atom is 0.227 e. The van der Waals surface area contributed by atoms with Crippen molar-refractivity contribution in [3.63, 3.8) is 0 Å². The number of hydrogen-bond donors (Lipinski definition) is 1. The van der Waals surface area contributed by atoms with E-state index in [2.05, 4.69) is 4.90 Å². The number of pyridine rings is 1. The highest BCUT2D eigenvalue weighted by atomic mass is 19.1. The van der Waals surface area contributed by atoms with E-state index in [1.807, 2.05) is 85.9 Å². The minimum Gasteiger partial charge on any atom is -0.305 e. The molecule has 0 aliphatic heterocycles. The van der Waals surface area contributed by atoms with E-state index in [4.69, 9.17) is 5.21 Å². The Hall–Kier alpha value is -1.98. The summed E-state index contributed by atoms with van der Waals surface area (Å²) in [6.45, 7) is 13.1. The predicted octanol–water partition coefficient (Wildman–Crippen LogP) is 4.92. The van der Waals surface area contributed by atoms with Gasteiger partial charge in [-0.2, -0.15) is 0 Å². The second kappa shape index (κ2) is 16.0. The SMILES string of the molecule is CC.C\C=C/C(C)=C(\C=C(/C)F)CN(C)C.Cc1cc[n+](O)cc1CN(C)C. The van der Waals surface area contributed by atoms with Crippen LogP contribution in [0.1, 0.15) is 45.7 Å². The van der Waals surface area contributed by atoms with Crippen LogP contribution in [0.5, 0.6) is 0 Å². The molecule has 28 heavy (non-hydrogen) atoms. The zero-order chi connectivity index (χ0) is 22.3. The van der Waals surface area contributed by atoms with Crippen LogP contribution in [-0.2, 0) is 6.54 Å². The first-order valence-electron chi connectivity index (χ1n) is 9.72. The second-order valence-electron chi connectivity index (χ2n) is 6.95. The van der Waals surface area contributed by atoms with Crippen LogP contribution < -0.4 is 4.73 Å². The van der Waals surface area contributed by atoms with Crippen LogP contribution in [0, 0.1) is 6.92 Å². The highest BCUT2D eigenvalue weighted by Gasteiger charge is 2.05. The molecule has 0 unspecified atom stereocenters. The summed E-state index contributed by atoms with van der Waals surface area (Å²) in [7, 11) is 7.97. The summed E-state index contributed by atoms with van der Waals surface area (Å²) in [5.74, 6) is -0.147. The molecular formula is C23H41FN3O+. The monoisotopic (exact) mass is 394 g/mol. The van der Waals surface area contributed by atoms with E-state index < -0.39 is 0 Å². The molecule has 1 N–H and O–H groups in total. The van der Waals surface area contributed by atoms with Gasteiger partial charge in [-0.1, -0.05) is 26.0 Å². The Labute approximate surface area is 172 Å². The number of rotatable bonds is 6. The van der Waals surface area contributed by atoms with Crippen molar-refractivity contribution in [3.05, 3.63) is 64.8 Å². The molecule has 1 aromatic rings. The summed E-state index contributed by atoms with van der Waals surface area (Å²) in [4.78, 5) is 4.10. The molecule has 0 bridgehead atoms. The summed E-state index contributed by atoms with van der Waals surface area (Å²) in [6, 6.07) is 1.90. The van der Waals surface area contributed by atoms with Gasteiger partial charge in [0.1, 0.15) is 0 Å². The van der Waals surface area contributed by atoms with Gasteiger partial charge >= 0.3 is 0 Å². The minimum absolute atomic E-state index is 0.147. The standard InChI is InChI=1S/C12H20FN.C9H15N2O.C2H6/c1-6-7-10(2)12(8-11(3)13)9-14(4)5;1-8-4-5-11(12)7-9(8)6-10(2)3;1-2/h6-8H,9H2,1-5H3;4-5,7,12H,6H2,1-3H3;1-2H3/q;+1;/b7-6-,11-8+,12-10+;;. The fraction of sp³-hybridized carbons (Fsp3) is 0.522. The molecule has 0 radical (unpaired) electrons. The van der Waals surface area contributed by atoms with E-state index in [0.717, 1.165) is 34.5 Å². The summed E-state index contributed by atoms with van der Waals surface area (Å²) in [5, 5.41) is 9.15. The first-order chi connectivity index (χ1) is 13.1. The fourth-order valence-corrected chi connectivity index (χ4v) is 2.33. The molecule has 0 aliphatic rings.